The number of aliphatic carboxylic acids is 1. The predicted octanol–water partition coefficient (Wildman–Crippen LogP) is -0.445. The number of nitrogen functional groups attached to an aromatic ring is 1. The smallest absolute Gasteiger partial charge is 0.300 e. The van der Waals surface area contributed by atoms with Crippen molar-refractivity contribution in [2.75, 3.05) is 0 Å². The molecule has 0 saturated heterocycles. The Morgan fingerprint density at radius 1 is 1.38 bits per heavy atom. The highest BCUT2D eigenvalue weighted by atomic mass is 16.4. The molecule has 1 amide bonds. The molecule has 1 heterocycles. The highest BCUT2D eigenvalue weighted by molar-refractivity contribution is 5.95. The number of hydrogen-bond acceptors (Lipinski definition) is 4. The molecule has 1 aromatic heterocycles. The zero-order chi connectivity index (χ0) is 12.7. The van der Waals surface area contributed by atoms with E-state index in [2.05, 4.69) is 4.98 Å². The van der Waals surface area contributed by atoms with Crippen molar-refractivity contribution >= 4 is 17.7 Å². The maximum absolute atomic E-state index is 10.6. The SMILES string of the molecule is CC(=O)O.N=C(N)c1ccc(C(N)=O)cn1. The van der Waals surface area contributed by atoms with Gasteiger partial charge in [0.15, 0.2) is 0 Å². The van der Waals surface area contributed by atoms with Gasteiger partial charge in [0.2, 0.25) is 5.91 Å². The van der Waals surface area contributed by atoms with Crippen LogP contribution < -0.4 is 11.5 Å². The number of nitrogens with one attached hydrogen (secondary N) is 1. The lowest BCUT2D eigenvalue weighted by atomic mass is 10.2. The van der Waals surface area contributed by atoms with Crippen molar-refractivity contribution < 1.29 is 14.7 Å². The molecule has 0 radical (unpaired) electrons. The standard InChI is InChI=1S/C7H8N4O.C2H4O2/c8-6(9)5-2-1-4(3-11-5)7(10)12;1-2(3)4/h1-3H,(H3,8,9)(H2,10,12);1H3,(H,3,4). The molecule has 1 rings (SSSR count). The van der Waals surface area contributed by atoms with Gasteiger partial charge in [0.05, 0.1) is 5.56 Å². The Hall–Kier alpha value is -2.44. The number of nitrogens with zero attached hydrogens (tertiary/aromatic N) is 1. The third-order valence-electron chi connectivity index (χ3n) is 1.32. The minimum atomic E-state index is -0.833. The topological polar surface area (TPSA) is 143 Å². The summed E-state index contributed by atoms with van der Waals surface area (Å²) in [5.41, 5.74) is 10.8. The summed E-state index contributed by atoms with van der Waals surface area (Å²) < 4.78 is 0. The summed E-state index contributed by atoms with van der Waals surface area (Å²) in [6.45, 7) is 1.08. The van der Waals surface area contributed by atoms with Crippen LogP contribution in [0.25, 0.3) is 0 Å². The number of rotatable bonds is 2. The van der Waals surface area contributed by atoms with Gasteiger partial charge < -0.3 is 16.6 Å². The lowest BCUT2D eigenvalue weighted by molar-refractivity contribution is -0.134. The van der Waals surface area contributed by atoms with E-state index in [9.17, 15) is 4.79 Å². The second-order valence-electron chi connectivity index (χ2n) is 2.73. The number of primary amides is 1. The minimum Gasteiger partial charge on any atom is -0.481 e. The summed E-state index contributed by atoms with van der Waals surface area (Å²) in [7, 11) is 0. The quantitative estimate of drug-likeness (QED) is 0.397. The van der Waals surface area contributed by atoms with E-state index < -0.39 is 11.9 Å². The average molecular weight is 224 g/mol. The second-order valence-corrected chi connectivity index (χ2v) is 2.73. The van der Waals surface area contributed by atoms with Gasteiger partial charge in [-0.2, -0.15) is 0 Å². The Bertz CT molecular complexity index is 363. The molecule has 0 aromatic carbocycles. The van der Waals surface area contributed by atoms with E-state index >= 15 is 0 Å². The molecule has 0 saturated carbocycles. The molecule has 0 bridgehead atoms. The van der Waals surface area contributed by atoms with Crippen molar-refractivity contribution in [1.29, 1.82) is 5.41 Å². The number of aromatic nitrogens is 1. The van der Waals surface area contributed by atoms with Crippen molar-refractivity contribution in [3.8, 4) is 0 Å². The Balaban J connectivity index is 0.000000487. The van der Waals surface area contributed by atoms with Crippen molar-refractivity contribution in [1.82, 2.24) is 4.98 Å². The van der Waals surface area contributed by atoms with Gasteiger partial charge in [0.25, 0.3) is 5.97 Å². The van der Waals surface area contributed by atoms with Crippen LogP contribution in [0, 0.1) is 5.41 Å². The molecule has 0 spiro atoms. The van der Waals surface area contributed by atoms with Crippen molar-refractivity contribution in [3.63, 3.8) is 0 Å². The van der Waals surface area contributed by atoms with Crippen molar-refractivity contribution in [3.05, 3.63) is 29.6 Å². The first-order valence-electron chi connectivity index (χ1n) is 4.14. The molecule has 1 aromatic rings. The fraction of sp³-hybridized carbons (Fsp3) is 0.111. The highest BCUT2D eigenvalue weighted by Crippen LogP contribution is 1.97. The number of carboxylic acids is 1. The van der Waals surface area contributed by atoms with E-state index in [1.807, 2.05) is 0 Å². The molecule has 6 N–H and O–H groups in total. The number of nitrogens with two attached hydrogens (primary N) is 2. The van der Waals surface area contributed by atoms with Crippen LogP contribution in [-0.2, 0) is 4.79 Å². The maximum atomic E-state index is 10.6. The average Bonchev–Trinajstić information content (AvgIpc) is 2.17. The first kappa shape index (κ1) is 13.6. The van der Waals surface area contributed by atoms with Crippen LogP contribution in [0.1, 0.15) is 23.0 Å². The lowest BCUT2D eigenvalue weighted by Crippen LogP contribution is -2.15. The van der Waals surface area contributed by atoms with Crippen LogP contribution in [0.3, 0.4) is 0 Å². The van der Waals surface area contributed by atoms with Crippen LogP contribution in [0.2, 0.25) is 0 Å². The first-order chi connectivity index (χ1) is 7.34. The van der Waals surface area contributed by atoms with Gasteiger partial charge in [0.1, 0.15) is 11.5 Å². The molecule has 0 aliphatic carbocycles. The Morgan fingerprint density at radius 2 is 1.88 bits per heavy atom. The van der Waals surface area contributed by atoms with Crippen molar-refractivity contribution in [2.45, 2.75) is 6.92 Å². The van der Waals surface area contributed by atoms with Gasteiger partial charge in [-0.3, -0.25) is 20.0 Å². The molecule has 0 atom stereocenters. The van der Waals surface area contributed by atoms with Gasteiger partial charge in [-0.25, -0.2) is 0 Å². The number of carbonyl (C=O) groups is 2. The van der Waals surface area contributed by atoms with Crippen LogP contribution in [0.5, 0.6) is 0 Å². The second kappa shape index (κ2) is 6.12. The van der Waals surface area contributed by atoms with Crippen molar-refractivity contribution in [2.24, 2.45) is 11.5 Å². The molecule has 7 nitrogen and oxygen atoms in total. The minimum absolute atomic E-state index is 0.133. The molecular weight excluding hydrogens is 212 g/mol. The largest absolute Gasteiger partial charge is 0.481 e. The van der Waals surface area contributed by atoms with Crippen LogP contribution in [0.4, 0.5) is 0 Å². The third-order valence-corrected chi connectivity index (χ3v) is 1.32. The number of carboxylic acid groups (broad SMARTS) is 1. The van der Waals surface area contributed by atoms with Crippen LogP contribution in [0.15, 0.2) is 18.3 Å². The Labute approximate surface area is 91.6 Å². The first-order valence-corrected chi connectivity index (χ1v) is 4.14. The predicted molar refractivity (Wildman–Crippen MR) is 57.1 cm³/mol. The third kappa shape index (κ3) is 5.32. The number of pyridine rings is 1. The van der Waals surface area contributed by atoms with Gasteiger partial charge in [-0.15, -0.1) is 0 Å². The molecule has 16 heavy (non-hydrogen) atoms. The fourth-order valence-corrected chi connectivity index (χ4v) is 0.699. The lowest BCUT2D eigenvalue weighted by Gasteiger charge is -1.97. The highest BCUT2D eigenvalue weighted by Gasteiger charge is 2.01. The molecule has 0 unspecified atom stereocenters. The van der Waals surface area contributed by atoms with Gasteiger partial charge in [-0.05, 0) is 12.1 Å². The summed E-state index contributed by atoms with van der Waals surface area (Å²) >= 11 is 0. The monoisotopic (exact) mass is 224 g/mol. The van der Waals surface area contributed by atoms with Crippen LogP contribution in [-0.4, -0.2) is 27.8 Å². The number of carbonyl (C=O) groups excluding carboxylic acids is 1. The van der Waals surface area contributed by atoms with E-state index in [4.69, 9.17) is 26.8 Å². The molecule has 86 valence electrons. The van der Waals surface area contributed by atoms with E-state index in [1.165, 1.54) is 18.3 Å². The number of hydrogen-bond donors (Lipinski definition) is 4. The summed E-state index contributed by atoms with van der Waals surface area (Å²) in [6.07, 6.45) is 1.29. The Morgan fingerprint density at radius 3 is 2.12 bits per heavy atom. The summed E-state index contributed by atoms with van der Waals surface area (Å²) in [5.74, 6) is -1.51. The molecule has 0 aliphatic rings. The maximum Gasteiger partial charge on any atom is 0.300 e. The van der Waals surface area contributed by atoms with E-state index in [0.717, 1.165) is 6.92 Å². The number of amides is 1. The van der Waals surface area contributed by atoms with E-state index in [0.29, 0.717) is 11.3 Å². The zero-order valence-electron chi connectivity index (χ0n) is 8.60. The van der Waals surface area contributed by atoms with E-state index in [1.54, 1.807) is 0 Å². The number of amidine groups is 1. The normalized spacial score (nSPS) is 8.56. The zero-order valence-corrected chi connectivity index (χ0v) is 8.60. The molecule has 7 heteroatoms. The summed E-state index contributed by atoms with van der Waals surface area (Å²) in [5, 5.41) is 14.4. The molecular formula is C9H12N4O3. The van der Waals surface area contributed by atoms with Gasteiger partial charge in [0, 0.05) is 13.1 Å². The fourth-order valence-electron chi connectivity index (χ4n) is 0.699. The summed E-state index contributed by atoms with van der Waals surface area (Å²) in [4.78, 5) is 23.3. The van der Waals surface area contributed by atoms with E-state index in [-0.39, 0.29) is 5.84 Å². The van der Waals surface area contributed by atoms with Crippen LogP contribution >= 0.6 is 0 Å². The Kier molecular flexibility index (Phi) is 5.19. The molecule has 0 aliphatic heterocycles. The molecule has 0 fully saturated rings. The van der Waals surface area contributed by atoms with Gasteiger partial charge >= 0.3 is 0 Å². The summed E-state index contributed by atoms with van der Waals surface area (Å²) in [6, 6.07) is 2.95. The van der Waals surface area contributed by atoms with Gasteiger partial charge in [-0.1, -0.05) is 0 Å².